The van der Waals surface area contributed by atoms with E-state index in [-0.39, 0.29) is 12.1 Å². The molecule has 1 aromatic carbocycles. The van der Waals surface area contributed by atoms with Gasteiger partial charge < -0.3 is 15.3 Å². The third kappa shape index (κ3) is 5.76. The highest BCUT2D eigenvalue weighted by Crippen LogP contribution is 2.14. The second-order valence-electron chi connectivity index (χ2n) is 6.09. The molecule has 1 unspecified atom stereocenters. The van der Waals surface area contributed by atoms with Crippen LogP contribution in [0.2, 0.25) is 0 Å². The summed E-state index contributed by atoms with van der Waals surface area (Å²) in [6, 6.07) is 8.08. The number of rotatable bonds is 6. The summed E-state index contributed by atoms with van der Waals surface area (Å²) in [5.41, 5.74) is 1.48. The highest BCUT2D eigenvalue weighted by molar-refractivity contribution is 5.74. The largest absolute Gasteiger partial charge is 0.389 e. The zero-order valence-corrected chi connectivity index (χ0v) is 13.8. The van der Waals surface area contributed by atoms with Gasteiger partial charge in [0.15, 0.2) is 0 Å². The van der Waals surface area contributed by atoms with Crippen LogP contribution in [0, 0.1) is 0 Å². The van der Waals surface area contributed by atoms with E-state index in [2.05, 4.69) is 36.5 Å². The number of nitrogens with one attached hydrogen (secondary N) is 1. The van der Waals surface area contributed by atoms with Crippen LogP contribution in [0.1, 0.15) is 51.8 Å². The van der Waals surface area contributed by atoms with Crippen molar-refractivity contribution in [2.45, 2.75) is 52.7 Å². The monoisotopic (exact) mass is 292 g/mol. The molecule has 21 heavy (non-hydrogen) atoms. The summed E-state index contributed by atoms with van der Waals surface area (Å²) in [5, 5.41) is 12.8. The van der Waals surface area contributed by atoms with Crippen LogP contribution in [0.5, 0.6) is 0 Å². The Labute approximate surface area is 128 Å². The zero-order chi connectivity index (χ0) is 16.0. The first-order valence-electron chi connectivity index (χ1n) is 7.63. The first-order chi connectivity index (χ1) is 9.76. The number of urea groups is 1. The minimum Gasteiger partial charge on any atom is -0.389 e. The summed E-state index contributed by atoms with van der Waals surface area (Å²) in [7, 11) is 0. The Kier molecular flexibility index (Phi) is 6.21. The Bertz CT molecular complexity index is 449. The van der Waals surface area contributed by atoms with Gasteiger partial charge >= 0.3 is 6.03 Å². The maximum absolute atomic E-state index is 12.3. The fraction of sp³-hybridized carbons (Fsp3) is 0.588. The van der Waals surface area contributed by atoms with Gasteiger partial charge in [-0.2, -0.15) is 0 Å². The molecule has 0 radical (unpaired) electrons. The lowest BCUT2D eigenvalue weighted by Crippen LogP contribution is -2.47. The number of aliphatic hydroxyl groups is 1. The molecule has 4 nitrogen and oxygen atoms in total. The number of nitrogens with zero attached hydrogens (tertiary/aromatic N) is 1. The lowest BCUT2D eigenvalue weighted by Gasteiger charge is -2.29. The number of benzene rings is 1. The molecule has 0 saturated carbocycles. The average molecular weight is 292 g/mol. The Morgan fingerprint density at radius 3 is 2.29 bits per heavy atom. The van der Waals surface area contributed by atoms with Gasteiger partial charge in [-0.05, 0) is 45.2 Å². The van der Waals surface area contributed by atoms with E-state index in [0.717, 1.165) is 12.0 Å². The van der Waals surface area contributed by atoms with Crippen molar-refractivity contribution < 1.29 is 9.90 Å². The van der Waals surface area contributed by atoms with Gasteiger partial charge in [0.2, 0.25) is 0 Å². The van der Waals surface area contributed by atoms with E-state index in [4.69, 9.17) is 0 Å². The molecule has 0 aliphatic heterocycles. The van der Waals surface area contributed by atoms with Crippen molar-refractivity contribution in [1.29, 1.82) is 0 Å². The predicted molar refractivity (Wildman–Crippen MR) is 86.3 cm³/mol. The second kappa shape index (κ2) is 7.46. The van der Waals surface area contributed by atoms with Gasteiger partial charge in [0.05, 0.1) is 18.2 Å². The van der Waals surface area contributed by atoms with Gasteiger partial charge in [-0.3, -0.25) is 0 Å². The first kappa shape index (κ1) is 17.5. The van der Waals surface area contributed by atoms with Crippen molar-refractivity contribution in [3.05, 3.63) is 35.4 Å². The molecule has 0 spiro atoms. The quantitative estimate of drug-likeness (QED) is 0.846. The third-order valence-electron chi connectivity index (χ3n) is 3.47. The highest BCUT2D eigenvalue weighted by Gasteiger charge is 2.22. The van der Waals surface area contributed by atoms with Gasteiger partial charge in [-0.15, -0.1) is 0 Å². The van der Waals surface area contributed by atoms with Crippen molar-refractivity contribution in [2.75, 3.05) is 13.1 Å². The predicted octanol–water partition coefficient (Wildman–Crippen LogP) is 3.11. The summed E-state index contributed by atoms with van der Waals surface area (Å²) in [6.07, 6.45) is 1.01. The van der Waals surface area contributed by atoms with Crippen LogP contribution in [0.4, 0.5) is 4.79 Å². The SMILES string of the molecule is CCc1ccc(C(C)NC(=O)N(CC)CC(C)(C)O)cc1. The van der Waals surface area contributed by atoms with Crippen molar-refractivity contribution in [1.82, 2.24) is 10.2 Å². The van der Waals surface area contributed by atoms with E-state index in [9.17, 15) is 9.90 Å². The molecule has 0 aliphatic rings. The number of amides is 2. The normalized spacial score (nSPS) is 12.9. The maximum Gasteiger partial charge on any atom is 0.317 e. The Morgan fingerprint density at radius 2 is 1.86 bits per heavy atom. The van der Waals surface area contributed by atoms with Crippen molar-refractivity contribution >= 4 is 6.03 Å². The Morgan fingerprint density at radius 1 is 1.29 bits per heavy atom. The second-order valence-corrected chi connectivity index (χ2v) is 6.09. The van der Waals surface area contributed by atoms with Crippen LogP contribution in [0.3, 0.4) is 0 Å². The molecule has 0 bridgehead atoms. The summed E-state index contributed by atoms with van der Waals surface area (Å²) >= 11 is 0. The highest BCUT2D eigenvalue weighted by atomic mass is 16.3. The van der Waals surface area contributed by atoms with Gasteiger partial charge in [0.1, 0.15) is 0 Å². The topological polar surface area (TPSA) is 52.6 Å². The van der Waals surface area contributed by atoms with Gasteiger partial charge in [-0.25, -0.2) is 4.79 Å². The average Bonchev–Trinajstić information content (AvgIpc) is 2.43. The number of hydrogen-bond donors (Lipinski definition) is 2. The molecule has 0 heterocycles. The number of carbonyl (C=O) groups excluding carboxylic acids is 1. The molecule has 1 rings (SSSR count). The first-order valence-corrected chi connectivity index (χ1v) is 7.63. The summed E-state index contributed by atoms with van der Waals surface area (Å²) in [5.74, 6) is 0. The molecule has 118 valence electrons. The molecule has 2 N–H and O–H groups in total. The van der Waals surface area contributed by atoms with Crippen molar-refractivity contribution in [3.8, 4) is 0 Å². The molecular formula is C17H28N2O2. The number of carbonyl (C=O) groups is 1. The minimum atomic E-state index is -0.890. The molecule has 0 aliphatic carbocycles. The molecule has 1 aromatic rings. The summed E-state index contributed by atoms with van der Waals surface area (Å²) < 4.78 is 0. The smallest absolute Gasteiger partial charge is 0.317 e. The minimum absolute atomic E-state index is 0.0562. The fourth-order valence-electron chi connectivity index (χ4n) is 2.20. The van der Waals surface area contributed by atoms with Crippen LogP contribution < -0.4 is 5.32 Å². The van der Waals surface area contributed by atoms with E-state index in [0.29, 0.717) is 13.1 Å². The van der Waals surface area contributed by atoms with Crippen LogP contribution in [0.25, 0.3) is 0 Å². The lowest BCUT2D eigenvalue weighted by atomic mass is 10.1. The van der Waals surface area contributed by atoms with Crippen LogP contribution in [-0.2, 0) is 6.42 Å². The van der Waals surface area contributed by atoms with Gasteiger partial charge in [0, 0.05) is 6.54 Å². The van der Waals surface area contributed by atoms with Gasteiger partial charge in [-0.1, -0.05) is 31.2 Å². The fourth-order valence-corrected chi connectivity index (χ4v) is 2.20. The number of hydrogen-bond acceptors (Lipinski definition) is 2. The van der Waals surface area contributed by atoms with Crippen LogP contribution >= 0.6 is 0 Å². The molecule has 1 atom stereocenters. The summed E-state index contributed by atoms with van der Waals surface area (Å²) in [4.78, 5) is 13.9. The third-order valence-corrected chi connectivity index (χ3v) is 3.47. The van der Waals surface area contributed by atoms with E-state index in [1.807, 2.05) is 13.8 Å². The molecular weight excluding hydrogens is 264 g/mol. The van der Waals surface area contributed by atoms with E-state index < -0.39 is 5.60 Å². The van der Waals surface area contributed by atoms with Crippen molar-refractivity contribution in [2.24, 2.45) is 0 Å². The van der Waals surface area contributed by atoms with Crippen LogP contribution in [-0.4, -0.2) is 34.7 Å². The lowest BCUT2D eigenvalue weighted by molar-refractivity contribution is 0.0476. The van der Waals surface area contributed by atoms with Gasteiger partial charge in [0.25, 0.3) is 0 Å². The molecule has 0 aromatic heterocycles. The van der Waals surface area contributed by atoms with E-state index >= 15 is 0 Å². The Hall–Kier alpha value is -1.55. The van der Waals surface area contributed by atoms with E-state index in [1.54, 1.807) is 18.7 Å². The summed E-state index contributed by atoms with van der Waals surface area (Å²) in [6.45, 7) is 10.3. The molecule has 4 heteroatoms. The Balaban J connectivity index is 2.67. The number of likely N-dealkylation sites (N-methyl/N-ethyl adjacent to an activating group) is 1. The number of aryl methyl sites for hydroxylation is 1. The maximum atomic E-state index is 12.3. The van der Waals surface area contributed by atoms with Crippen LogP contribution in [0.15, 0.2) is 24.3 Å². The molecule has 2 amide bonds. The zero-order valence-electron chi connectivity index (χ0n) is 13.8. The standard InChI is InChI=1S/C17H28N2O2/c1-6-14-8-10-15(11-9-14)13(3)18-16(20)19(7-2)12-17(4,5)21/h8-11,13,21H,6-7,12H2,1-5H3,(H,18,20). The molecule has 0 fully saturated rings. The van der Waals surface area contributed by atoms with E-state index in [1.165, 1.54) is 5.56 Å². The molecule has 0 saturated heterocycles. The van der Waals surface area contributed by atoms with Crippen molar-refractivity contribution in [3.63, 3.8) is 0 Å².